The number of aryl methyl sites for hydroxylation is 2. The molecule has 0 bridgehead atoms. The molecule has 2 aromatic heterocycles. The smallest absolute Gasteiger partial charge is 0.257 e. The van der Waals surface area contributed by atoms with E-state index in [0.29, 0.717) is 12.1 Å². The Labute approximate surface area is 141 Å². The SMILES string of the molecule is Cc1nn(C)c(C)c1C(=O)N(C)Cc1ncc(-c2ccccc2)[nH]1. The Morgan fingerprint density at radius 3 is 2.58 bits per heavy atom. The average Bonchev–Trinajstić information content (AvgIpc) is 3.13. The van der Waals surface area contributed by atoms with Crippen molar-refractivity contribution in [3.63, 3.8) is 0 Å². The number of benzene rings is 1. The van der Waals surface area contributed by atoms with Crippen LogP contribution >= 0.6 is 0 Å². The van der Waals surface area contributed by atoms with Crippen LogP contribution in [-0.2, 0) is 13.6 Å². The topological polar surface area (TPSA) is 66.8 Å². The van der Waals surface area contributed by atoms with Crippen LogP contribution in [0.2, 0.25) is 0 Å². The first kappa shape index (κ1) is 16.0. The number of carbonyl (C=O) groups excluding carboxylic acids is 1. The van der Waals surface area contributed by atoms with Crippen molar-refractivity contribution in [3.05, 3.63) is 59.3 Å². The Bertz CT molecular complexity index is 863. The van der Waals surface area contributed by atoms with Gasteiger partial charge in [-0.1, -0.05) is 30.3 Å². The van der Waals surface area contributed by atoms with E-state index in [-0.39, 0.29) is 5.91 Å². The third-order valence-electron chi connectivity index (χ3n) is 4.17. The van der Waals surface area contributed by atoms with Crippen molar-refractivity contribution in [2.45, 2.75) is 20.4 Å². The number of hydrogen-bond acceptors (Lipinski definition) is 3. The van der Waals surface area contributed by atoms with Gasteiger partial charge in [-0.2, -0.15) is 5.10 Å². The molecule has 0 spiro atoms. The van der Waals surface area contributed by atoms with Gasteiger partial charge in [0.2, 0.25) is 0 Å². The predicted molar refractivity (Wildman–Crippen MR) is 92.5 cm³/mol. The molecule has 6 nitrogen and oxygen atoms in total. The van der Waals surface area contributed by atoms with Gasteiger partial charge < -0.3 is 9.88 Å². The van der Waals surface area contributed by atoms with E-state index in [1.807, 2.05) is 51.2 Å². The third kappa shape index (κ3) is 2.95. The summed E-state index contributed by atoms with van der Waals surface area (Å²) in [6.07, 6.45) is 1.80. The number of amides is 1. The van der Waals surface area contributed by atoms with E-state index in [9.17, 15) is 4.79 Å². The molecule has 1 aromatic carbocycles. The van der Waals surface area contributed by atoms with Gasteiger partial charge in [-0.15, -0.1) is 0 Å². The lowest BCUT2D eigenvalue weighted by atomic mass is 10.1. The average molecular weight is 323 g/mol. The number of hydrogen-bond donors (Lipinski definition) is 1. The fourth-order valence-corrected chi connectivity index (χ4v) is 2.78. The standard InChI is InChI=1S/C18H21N5O/c1-12-17(13(2)23(4)21-12)18(24)22(3)11-16-19-10-15(20-16)14-8-6-5-7-9-14/h5-10H,11H2,1-4H3,(H,19,20). The van der Waals surface area contributed by atoms with E-state index in [1.54, 1.807) is 22.8 Å². The van der Waals surface area contributed by atoms with Gasteiger partial charge in [0.05, 0.1) is 29.7 Å². The van der Waals surface area contributed by atoms with E-state index in [0.717, 1.165) is 28.5 Å². The van der Waals surface area contributed by atoms with Crippen LogP contribution < -0.4 is 0 Å². The number of nitrogens with one attached hydrogen (secondary N) is 1. The van der Waals surface area contributed by atoms with Gasteiger partial charge in [0, 0.05) is 19.8 Å². The van der Waals surface area contributed by atoms with Crippen LogP contribution in [0.3, 0.4) is 0 Å². The van der Waals surface area contributed by atoms with Crippen LogP contribution in [0.5, 0.6) is 0 Å². The molecular weight excluding hydrogens is 302 g/mol. The van der Waals surface area contributed by atoms with Crippen molar-refractivity contribution in [2.24, 2.45) is 7.05 Å². The number of H-pyrrole nitrogens is 1. The number of aromatic nitrogens is 4. The van der Waals surface area contributed by atoms with E-state index in [2.05, 4.69) is 15.1 Å². The van der Waals surface area contributed by atoms with Crippen molar-refractivity contribution in [2.75, 3.05) is 7.05 Å². The maximum atomic E-state index is 12.7. The molecule has 0 aliphatic rings. The van der Waals surface area contributed by atoms with Crippen LogP contribution in [0, 0.1) is 13.8 Å². The number of nitrogens with zero attached hydrogens (tertiary/aromatic N) is 4. The van der Waals surface area contributed by atoms with Gasteiger partial charge in [0.15, 0.2) is 0 Å². The maximum absolute atomic E-state index is 12.7. The Morgan fingerprint density at radius 2 is 1.96 bits per heavy atom. The number of rotatable bonds is 4. The molecule has 2 heterocycles. The largest absolute Gasteiger partial charge is 0.341 e. The summed E-state index contributed by atoms with van der Waals surface area (Å²) in [5, 5.41) is 4.31. The summed E-state index contributed by atoms with van der Waals surface area (Å²) >= 11 is 0. The van der Waals surface area contributed by atoms with E-state index in [1.165, 1.54) is 0 Å². The fourth-order valence-electron chi connectivity index (χ4n) is 2.78. The lowest BCUT2D eigenvalue weighted by Crippen LogP contribution is -2.27. The normalized spacial score (nSPS) is 10.8. The summed E-state index contributed by atoms with van der Waals surface area (Å²) in [6, 6.07) is 9.99. The van der Waals surface area contributed by atoms with Crippen molar-refractivity contribution in [1.82, 2.24) is 24.6 Å². The minimum absolute atomic E-state index is 0.0456. The van der Waals surface area contributed by atoms with E-state index in [4.69, 9.17) is 0 Å². The molecule has 3 rings (SSSR count). The second-order valence-electron chi connectivity index (χ2n) is 5.94. The summed E-state index contributed by atoms with van der Waals surface area (Å²) < 4.78 is 1.73. The molecule has 0 aliphatic carbocycles. The summed E-state index contributed by atoms with van der Waals surface area (Å²) in [5.41, 5.74) is 4.30. The van der Waals surface area contributed by atoms with Crippen molar-refractivity contribution in [1.29, 1.82) is 0 Å². The van der Waals surface area contributed by atoms with Gasteiger partial charge in [-0.3, -0.25) is 9.48 Å². The molecule has 0 unspecified atom stereocenters. The van der Waals surface area contributed by atoms with Crippen LogP contribution in [0.25, 0.3) is 11.3 Å². The minimum Gasteiger partial charge on any atom is -0.341 e. The molecule has 3 aromatic rings. The summed E-state index contributed by atoms with van der Waals surface area (Å²) in [5.74, 6) is 0.708. The first-order chi connectivity index (χ1) is 11.5. The summed E-state index contributed by atoms with van der Waals surface area (Å²) in [4.78, 5) is 22.0. The fraction of sp³-hybridized carbons (Fsp3) is 0.278. The molecule has 24 heavy (non-hydrogen) atoms. The summed E-state index contributed by atoms with van der Waals surface area (Å²) in [7, 11) is 3.62. The number of aromatic amines is 1. The highest BCUT2D eigenvalue weighted by Crippen LogP contribution is 2.18. The molecule has 1 N–H and O–H groups in total. The summed E-state index contributed by atoms with van der Waals surface area (Å²) in [6.45, 7) is 4.18. The number of carbonyl (C=O) groups is 1. The van der Waals surface area contributed by atoms with Crippen LogP contribution in [0.1, 0.15) is 27.6 Å². The van der Waals surface area contributed by atoms with Gasteiger partial charge >= 0.3 is 0 Å². The molecule has 0 radical (unpaired) electrons. The Morgan fingerprint density at radius 1 is 1.25 bits per heavy atom. The second-order valence-corrected chi connectivity index (χ2v) is 5.94. The third-order valence-corrected chi connectivity index (χ3v) is 4.17. The first-order valence-electron chi connectivity index (χ1n) is 7.82. The Kier molecular flexibility index (Phi) is 4.20. The Balaban J connectivity index is 1.77. The van der Waals surface area contributed by atoms with E-state index >= 15 is 0 Å². The zero-order chi connectivity index (χ0) is 17.3. The zero-order valence-corrected chi connectivity index (χ0v) is 14.4. The predicted octanol–water partition coefficient (Wildman–Crippen LogP) is 2.70. The molecule has 0 aliphatic heterocycles. The van der Waals surface area contributed by atoms with Crippen LogP contribution in [0.4, 0.5) is 0 Å². The minimum atomic E-state index is -0.0456. The van der Waals surface area contributed by atoms with Gasteiger partial charge in [0.1, 0.15) is 5.82 Å². The van der Waals surface area contributed by atoms with Crippen molar-refractivity contribution in [3.8, 4) is 11.3 Å². The Hall–Kier alpha value is -2.89. The monoisotopic (exact) mass is 323 g/mol. The molecule has 6 heteroatoms. The van der Waals surface area contributed by atoms with Crippen LogP contribution in [0.15, 0.2) is 36.5 Å². The highest BCUT2D eigenvalue weighted by molar-refractivity contribution is 5.96. The lowest BCUT2D eigenvalue weighted by molar-refractivity contribution is 0.0780. The van der Waals surface area contributed by atoms with Crippen molar-refractivity contribution < 1.29 is 4.79 Å². The molecule has 1 amide bonds. The molecule has 0 saturated carbocycles. The molecule has 124 valence electrons. The highest BCUT2D eigenvalue weighted by atomic mass is 16.2. The quantitative estimate of drug-likeness (QED) is 0.803. The van der Waals surface area contributed by atoms with E-state index < -0.39 is 0 Å². The molecular formula is C18H21N5O. The lowest BCUT2D eigenvalue weighted by Gasteiger charge is -2.16. The zero-order valence-electron chi connectivity index (χ0n) is 14.4. The molecule has 0 fully saturated rings. The molecule has 0 atom stereocenters. The number of imidazole rings is 1. The van der Waals surface area contributed by atoms with Gasteiger partial charge in [0.25, 0.3) is 5.91 Å². The second kappa shape index (κ2) is 6.31. The van der Waals surface area contributed by atoms with Crippen molar-refractivity contribution >= 4 is 5.91 Å². The van der Waals surface area contributed by atoms with Gasteiger partial charge in [-0.05, 0) is 19.4 Å². The van der Waals surface area contributed by atoms with Gasteiger partial charge in [-0.25, -0.2) is 4.98 Å². The first-order valence-corrected chi connectivity index (χ1v) is 7.82. The van der Waals surface area contributed by atoms with Crippen LogP contribution in [-0.4, -0.2) is 37.6 Å². The highest BCUT2D eigenvalue weighted by Gasteiger charge is 2.21. The maximum Gasteiger partial charge on any atom is 0.257 e. The molecule has 0 saturated heterocycles.